The fourth-order valence-electron chi connectivity index (χ4n) is 3.95. The Hall–Kier alpha value is -2.58. The van der Waals surface area contributed by atoms with E-state index < -0.39 is 0 Å². The molecule has 8 heteroatoms. The van der Waals surface area contributed by atoms with Crippen molar-refractivity contribution in [3.63, 3.8) is 0 Å². The summed E-state index contributed by atoms with van der Waals surface area (Å²) in [5.41, 5.74) is 2.19. The summed E-state index contributed by atoms with van der Waals surface area (Å²) in [7, 11) is 3.42. The van der Waals surface area contributed by atoms with Gasteiger partial charge in [0.2, 0.25) is 5.91 Å². The predicted molar refractivity (Wildman–Crippen MR) is 131 cm³/mol. The van der Waals surface area contributed by atoms with E-state index in [1.807, 2.05) is 24.3 Å². The van der Waals surface area contributed by atoms with Gasteiger partial charge < -0.3 is 9.64 Å². The Morgan fingerprint density at radius 3 is 2.78 bits per heavy atom. The molecule has 0 radical (unpaired) electrons. The average molecular weight is 470 g/mol. The van der Waals surface area contributed by atoms with Gasteiger partial charge >= 0.3 is 0 Å². The minimum atomic E-state index is -0.0178. The van der Waals surface area contributed by atoms with Crippen LogP contribution in [0.4, 0.5) is 0 Å². The van der Waals surface area contributed by atoms with Gasteiger partial charge in [0.15, 0.2) is 5.16 Å². The Balaban J connectivity index is 1.52. The Morgan fingerprint density at radius 2 is 2.06 bits per heavy atom. The Morgan fingerprint density at radius 1 is 1.31 bits per heavy atom. The van der Waals surface area contributed by atoms with Crippen molar-refractivity contribution in [3.8, 4) is 5.75 Å². The van der Waals surface area contributed by atoms with Gasteiger partial charge in [-0.3, -0.25) is 14.2 Å². The van der Waals surface area contributed by atoms with Crippen LogP contribution in [-0.4, -0.2) is 40.3 Å². The number of aromatic nitrogens is 2. The molecule has 0 saturated heterocycles. The number of allylic oxidation sites excluding steroid dienone is 1. The van der Waals surface area contributed by atoms with Crippen molar-refractivity contribution in [1.29, 1.82) is 0 Å². The van der Waals surface area contributed by atoms with Gasteiger partial charge in [0.1, 0.15) is 10.6 Å². The van der Waals surface area contributed by atoms with Gasteiger partial charge in [0, 0.05) is 25.0 Å². The van der Waals surface area contributed by atoms with E-state index in [-0.39, 0.29) is 17.2 Å². The van der Waals surface area contributed by atoms with E-state index >= 15 is 0 Å². The number of thioether (sulfide) groups is 1. The normalized spacial score (nSPS) is 13.1. The van der Waals surface area contributed by atoms with Crippen LogP contribution in [-0.2, 0) is 30.7 Å². The first-order valence-corrected chi connectivity index (χ1v) is 12.5. The molecule has 0 spiro atoms. The number of amides is 1. The fourth-order valence-corrected chi connectivity index (χ4v) is 6.20. The molecule has 168 valence electrons. The lowest BCUT2D eigenvalue weighted by molar-refractivity contribution is -0.127. The quantitative estimate of drug-likeness (QED) is 0.280. The number of ether oxygens (including phenoxy) is 1. The molecule has 0 bridgehead atoms. The molecule has 0 N–H and O–H groups in total. The molecular formula is C24H27N3O3S2. The highest BCUT2D eigenvalue weighted by atomic mass is 32.2. The van der Waals surface area contributed by atoms with Gasteiger partial charge in [0.25, 0.3) is 5.56 Å². The van der Waals surface area contributed by atoms with Gasteiger partial charge in [-0.15, -0.1) is 17.9 Å². The molecule has 0 fully saturated rings. The van der Waals surface area contributed by atoms with E-state index in [9.17, 15) is 9.59 Å². The summed E-state index contributed by atoms with van der Waals surface area (Å²) in [5.74, 6) is 0.985. The average Bonchev–Trinajstić information content (AvgIpc) is 3.18. The lowest BCUT2D eigenvalue weighted by atomic mass is 9.97. The third-order valence-corrected chi connectivity index (χ3v) is 7.83. The monoisotopic (exact) mass is 469 g/mol. The zero-order valence-corrected chi connectivity index (χ0v) is 20.1. The third kappa shape index (κ3) is 4.61. The number of carbonyl (C=O) groups excluding carboxylic acids is 1. The number of hydrogen-bond donors (Lipinski definition) is 0. The van der Waals surface area contributed by atoms with Crippen LogP contribution in [0.15, 0.2) is 46.9 Å². The van der Waals surface area contributed by atoms with Gasteiger partial charge in [0.05, 0.1) is 18.2 Å². The molecular weight excluding hydrogens is 442 g/mol. The maximum absolute atomic E-state index is 13.3. The smallest absolute Gasteiger partial charge is 0.263 e. The minimum Gasteiger partial charge on any atom is -0.497 e. The Bertz CT molecular complexity index is 1200. The predicted octanol–water partition coefficient (Wildman–Crippen LogP) is 4.28. The first kappa shape index (κ1) is 22.6. The molecule has 2 aromatic heterocycles. The number of hydrogen-bond acceptors (Lipinski definition) is 6. The van der Waals surface area contributed by atoms with Gasteiger partial charge in [-0.25, -0.2) is 4.98 Å². The highest BCUT2D eigenvalue weighted by Gasteiger charge is 2.22. The van der Waals surface area contributed by atoms with Crippen molar-refractivity contribution in [2.45, 2.75) is 43.9 Å². The topological polar surface area (TPSA) is 64.4 Å². The molecule has 6 nitrogen and oxygen atoms in total. The molecule has 1 aromatic carbocycles. The molecule has 32 heavy (non-hydrogen) atoms. The van der Waals surface area contributed by atoms with Crippen molar-refractivity contribution in [1.82, 2.24) is 14.5 Å². The lowest BCUT2D eigenvalue weighted by Gasteiger charge is -2.18. The summed E-state index contributed by atoms with van der Waals surface area (Å²) in [6.07, 6.45) is 5.95. The number of carbonyl (C=O) groups is 1. The van der Waals surface area contributed by atoms with E-state index in [1.165, 1.54) is 22.2 Å². The molecule has 4 rings (SSSR count). The second kappa shape index (κ2) is 9.92. The van der Waals surface area contributed by atoms with Crippen LogP contribution in [0.5, 0.6) is 5.75 Å². The van der Waals surface area contributed by atoms with Crippen LogP contribution in [0, 0.1) is 0 Å². The summed E-state index contributed by atoms with van der Waals surface area (Å²) >= 11 is 2.95. The summed E-state index contributed by atoms with van der Waals surface area (Å²) in [4.78, 5) is 34.7. The van der Waals surface area contributed by atoms with Crippen LogP contribution in [0.25, 0.3) is 10.2 Å². The molecule has 0 unspecified atom stereocenters. The van der Waals surface area contributed by atoms with Gasteiger partial charge in [-0.1, -0.05) is 30.0 Å². The van der Waals surface area contributed by atoms with Crippen LogP contribution in [0.2, 0.25) is 0 Å². The van der Waals surface area contributed by atoms with Crippen molar-refractivity contribution in [2.24, 2.45) is 0 Å². The number of nitrogens with zero attached hydrogens (tertiary/aromatic N) is 3. The molecule has 1 amide bonds. The van der Waals surface area contributed by atoms with Crippen LogP contribution >= 0.6 is 23.1 Å². The summed E-state index contributed by atoms with van der Waals surface area (Å²) in [5, 5.41) is 1.34. The van der Waals surface area contributed by atoms with E-state index in [2.05, 4.69) is 6.58 Å². The first-order valence-electron chi connectivity index (χ1n) is 10.7. The summed E-state index contributed by atoms with van der Waals surface area (Å²) < 4.78 is 6.83. The van der Waals surface area contributed by atoms with Gasteiger partial charge in [-0.2, -0.15) is 0 Å². The number of methoxy groups -OCH3 is 1. The maximum atomic E-state index is 13.3. The molecule has 1 aliphatic rings. The lowest BCUT2D eigenvalue weighted by Crippen LogP contribution is -2.28. The largest absolute Gasteiger partial charge is 0.497 e. The van der Waals surface area contributed by atoms with E-state index in [4.69, 9.17) is 9.72 Å². The van der Waals surface area contributed by atoms with Crippen LogP contribution in [0.3, 0.4) is 0 Å². The van der Waals surface area contributed by atoms with Crippen molar-refractivity contribution in [3.05, 3.63) is 63.3 Å². The molecule has 0 aliphatic heterocycles. The van der Waals surface area contributed by atoms with E-state index in [1.54, 1.807) is 41.0 Å². The SMILES string of the molecule is C=CCn1c(SCC(=O)N(C)Cc2ccc(OC)cc2)nc2sc3c(c2c1=O)CCCC3. The minimum absolute atomic E-state index is 0.0177. The summed E-state index contributed by atoms with van der Waals surface area (Å²) in [6.45, 7) is 4.68. The van der Waals surface area contributed by atoms with E-state index in [0.29, 0.717) is 18.2 Å². The fraction of sp³-hybridized carbons (Fsp3) is 0.375. The molecule has 0 saturated carbocycles. The Kier molecular flexibility index (Phi) is 7.01. The van der Waals surface area contributed by atoms with Crippen molar-refractivity contribution in [2.75, 3.05) is 19.9 Å². The second-order valence-electron chi connectivity index (χ2n) is 7.88. The third-order valence-electron chi connectivity index (χ3n) is 5.68. The highest BCUT2D eigenvalue weighted by molar-refractivity contribution is 7.99. The van der Waals surface area contributed by atoms with E-state index in [0.717, 1.165) is 47.2 Å². The second-order valence-corrected chi connectivity index (χ2v) is 9.90. The number of thiophene rings is 1. The number of rotatable bonds is 8. The van der Waals surface area contributed by atoms with Gasteiger partial charge in [-0.05, 0) is 48.9 Å². The van der Waals surface area contributed by atoms with Crippen LogP contribution < -0.4 is 10.3 Å². The molecule has 0 atom stereocenters. The number of aryl methyl sites for hydroxylation is 2. The zero-order valence-electron chi connectivity index (χ0n) is 18.4. The molecule has 1 aliphatic carbocycles. The maximum Gasteiger partial charge on any atom is 0.263 e. The van der Waals surface area contributed by atoms with Crippen LogP contribution in [0.1, 0.15) is 28.8 Å². The zero-order chi connectivity index (χ0) is 22.7. The first-order chi connectivity index (χ1) is 15.5. The molecule has 3 aromatic rings. The summed E-state index contributed by atoms with van der Waals surface area (Å²) in [6, 6.07) is 7.67. The van der Waals surface area contributed by atoms with Crippen molar-refractivity contribution < 1.29 is 9.53 Å². The van der Waals surface area contributed by atoms with Crippen molar-refractivity contribution >= 4 is 39.2 Å². The Labute approximate surface area is 195 Å². The molecule has 2 heterocycles. The number of fused-ring (bicyclic) bond motifs is 3. The number of benzene rings is 1. The highest BCUT2D eigenvalue weighted by Crippen LogP contribution is 2.34. The standard InChI is InChI=1S/C24H27N3O3S2/c1-4-13-27-23(29)21-18-7-5-6-8-19(18)32-22(21)25-24(27)31-15-20(28)26(2)14-16-9-11-17(30-3)12-10-16/h4,9-12H,1,5-8,13-15H2,2-3H3.